The molecule has 1 fully saturated rings. The van der Waals surface area contributed by atoms with E-state index in [4.69, 9.17) is 21.4 Å². The second kappa shape index (κ2) is 12.0. The van der Waals surface area contributed by atoms with E-state index >= 15 is 0 Å². The number of carbonyl (C=O) groups excluding carboxylic acids is 1. The van der Waals surface area contributed by atoms with Crippen molar-refractivity contribution in [1.29, 1.82) is 0 Å². The van der Waals surface area contributed by atoms with Crippen molar-refractivity contribution in [3.8, 4) is 22.7 Å². The Hall–Kier alpha value is -4.39. The van der Waals surface area contributed by atoms with Crippen LogP contribution in [-0.4, -0.2) is 58.8 Å². The van der Waals surface area contributed by atoms with E-state index < -0.39 is 0 Å². The van der Waals surface area contributed by atoms with Gasteiger partial charge in [0, 0.05) is 31.7 Å². The van der Waals surface area contributed by atoms with Crippen molar-refractivity contribution < 1.29 is 9.53 Å². The zero-order valence-corrected chi connectivity index (χ0v) is 23.6. The molecule has 7 heteroatoms. The van der Waals surface area contributed by atoms with Crippen molar-refractivity contribution in [2.75, 3.05) is 33.3 Å². The second-order valence-electron chi connectivity index (χ2n) is 10.1. The Labute approximate surface area is 245 Å². The summed E-state index contributed by atoms with van der Waals surface area (Å²) in [5.74, 6) is 0.660. The molecule has 0 atom stereocenters. The topological polar surface area (TPSA) is 50.6 Å². The van der Waals surface area contributed by atoms with Gasteiger partial charge in [-0.1, -0.05) is 96.5 Å². The summed E-state index contributed by atoms with van der Waals surface area (Å²) in [5, 5.41) is 5.37. The van der Waals surface area contributed by atoms with Crippen LogP contribution in [0.15, 0.2) is 115 Å². The fraction of sp³-hybridized carbons (Fsp3) is 0.176. The van der Waals surface area contributed by atoms with Crippen molar-refractivity contribution in [3.63, 3.8) is 0 Å². The highest BCUT2D eigenvalue weighted by Crippen LogP contribution is 2.31. The van der Waals surface area contributed by atoms with Gasteiger partial charge in [0.05, 0.1) is 29.6 Å². The van der Waals surface area contributed by atoms with Crippen LogP contribution in [0.5, 0.6) is 5.75 Å². The summed E-state index contributed by atoms with van der Waals surface area (Å²) in [4.78, 5) is 18.4. The first-order valence-electron chi connectivity index (χ1n) is 13.7. The summed E-state index contributed by atoms with van der Waals surface area (Å²) < 4.78 is 7.09. The molecular weight excluding hydrogens is 532 g/mol. The molecule has 0 N–H and O–H groups in total. The fourth-order valence-corrected chi connectivity index (χ4v) is 5.71. The van der Waals surface area contributed by atoms with Crippen LogP contribution in [0, 0.1) is 0 Å². The molecule has 6 nitrogen and oxygen atoms in total. The predicted octanol–water partition coefficient (Wildman–Crippen LogP) is 6.75. The van der Waals surface area contributed by atoms with E-state index in [-0.39, 0.29) is 11.9 Å². The number of halogens is 1. The quantitative estimate of drug-likeness (QED) is 0.220. The zero-order valence-electron chi connectivity index (χ0n) is 22.9. The Morgan fingerprint density at radius 2 is 1.41 bits per heavy atom. The van der Waals surface area contributed by atoms with Gasteiger partial charge in [-0.2, -0.15) is 5.10 Å². The van der Waals surface area contributed by atoms with Crippen molar-refractivity contribution in [1.82, 2.24) is 19.6 Å². The molecular formula is C34H31ClN4O2. The first-order valence-corrected chi connectivity index (χ1v) is 14.1. The molecule has 206 valence electrons. The number of aromatic nitrogens is 2. The summed E-state index contributed by atoms with van der Waals surface area (Å²) in [6.07, 6.45) is 0. The minimum Gasteiger partial charge on any atom is -0.497 e. The van der Waals surface area contributed by atoms with Gasteiger partial charge in [0.15, 0.2) is 0 Å². The maximum Gasteiger partial charge on any atom is 0.272 e. The predicted molar refractivity (Wildman–Crippen MR) is 163 cm³/mol. The van der Waals surface area contributed by atoms with Crippen molar-refractivity contribution in [2.24, 2.45) is 0 Å². The first kappa shape index (κ1) is 26.8. The van der Waals surface area contributed by atoms with Crippen LogP contribution in [-0.2, 0) is 0 Å². The van der Waals surface area contributed by atoms with Gasteiger partial charge in [0.25, 0.3) is 5.91 Å². The minimum absolute atomic E-state index is 0.0674. The average molecular weight is 563 g/mol. The van der Waals surface area contributed by atoms with Crippen LogP contribution in [0.4, 0.5) is 0 Å². The average Bonchev–Trinajstić information content (AvgIpc) is 3.48. The Bertz CT molecular complexity index is 1590. The molecule has 0 spiro atoms. The molecule has 0 saturated carbocycles. The maximum absolute atomic E-state index is 14.1. The largest absolute Gasteiger partial charge is 0.497 e. The van der Waals surface area contributed by atoms with Gasteiger partial charge >= 0.3 is 0 Å². The van der Waals surface area contributed by atoms with Crippen LogP contribution < -0.4 is 4.74 Å². The number of piperazine rings is 1. The van der Waals surface area contributed by atoms with E-state index in [0.717, 1.165) is 24.4 Å². The van der Waals surface area contributed by atoms with Crippen LogP contribution in [0.1, 0.15) is 27.7 Å². The van der Waals surface area contributed by atoms with Gasteiger partial charge in [0.2, 0.25) is 0 Å². The maximum atomic E-state index is 14.1. The van der Waals surface area contributed by atoms with E-state index in [9.17, 15) is 4.79 Å². The van der Waals surface area contributed by atoms with E-state index in [1.54, 1.807) is 11.8 Å². The second-order valence-corrected chi connectivity index (χ2v) is 10.5. The molecule has 1 aromatic heterocycles. The number of hydrogen-bond donors (Lipinski definition) is 0. The van der Waals surface area contributed by atoms with E-state index in [2.05, 4.69) is 53.4 Å². The zero-order chi connectivity index (χ0) is 28.2. The van der Waals surface area contributed by atoms with Gasteiger partial charge in [0.1, 0.15) is 11.4 Å². The lowest BCUT2D eigenvalue weighted by atomic mass is 9.96. The molecule has 0 bridgehead atoms. The van der Waals surface area contributed by atoms with Crippen molar-refractivity contribution >= 4 is 17.5 Å². The van der Waals surface area contributed by atoms with Gasteiger partial charge in [-0.05, 0) is 41.5 Å². The third-order valence-corrected chi connectivity index (χ3v) is 7.89. The number of hydrogen-bond acceptors (Lipinski definition) is 4. The van der Waals surface area contributed by atoms with E-state index in [1.165, 1.54) is 11.1 Å². The number of nitrogens with zero attached hydrogens (tertiary/aromatic N) is 4. The smallest absolute Gasteiger partial charge is 0.272 e. The van der Waals surface area contributed by atoms with Gasteiger partial charge in [-0.15, -0.1) is 0 Å². The summed E-state index contributed by atoms with van der Waals surface area (Å²) >= 11 is 6.58. The third-order valence-electron chi connectivity index (χ3n) is 7.57. The normalized spacial score (nSPS) is 13.9. The summed E-state index contributed by atoms with van der Waals surface area (Å²) in [6.45, 7) is 2.72. The molecule has 1 aliphatic rings. The molecule has 1 saturated heterocycles. The molecule has 0 aliphatic carbocycles. The monoisotopic (exact) mass is 562 g/mol. The Kier molecular flexibility index (Phi) is 7.85. The molecule has 2 heterocycles. The van der Waals surface area contributed by atoms with Crippen molar-refractivity contribution in [3.05, 3.63) is 137 Å². The van der Waals surface area contributed by atoms with Crippen molar-refractivity contribution in [2.45, 2.75) is 6.04 Å². The number of para-hydroxylation sites is 1. The molecule has 4 aromatic carbocycles. The minimum atomic E-state index is -0.0674. The highest BCUT2D eigenvalue weighted by Gasteiger charge is 2.30. The third kappa shape index (κ3) is 5.62. The number of carbonyl (C=O) groups is 1. The number of methoxy groups -OCH3 is 1. The lowest BCUT2D eigenvalue weighted by molar-refractivity contribution is 0.0589. The number of amides is 1. The number of benzene rings is 4. The van der Waals surface area contributed by atoms with Crippen LogP contribution in [0.2, 0.25) is 5.02 Å². The molecule has 1 amide bonds. The Morgan fingerprint density at radius 1 is 0.780 bits per heavy atom. The van der Waals surface area contributed by atoms with Gasteiger partial charge in [-0.3, -0.25) is 9.69 Å². The summed E-state index contributed by atoms with van der Waals surface area (Å²) in [7, 11) is 1.64. The molecule has 1 aliphatic heterocycles. The van der Waals surface area contributed by atoms with Gasteiger partial charge in [-0.25, -0.2) is 4.68 Å². The summed E-state index contributed by atoms with van der Waals surface area (Å²) in [5.41, 5.74) is 5.18. The first-order chi connectivity index (χ1) is 20.1. The number of ether oxygens (including phenoxy) is 1. The van der Waals surface area contributed by atoms with Crippen LogP contribution in [0.25, 0.3) is 16.9 Å². The lowest BCUT2D eigenvalue weighted by Crippen LogP contribution is -2.50. The van der Waals surface area contributed by atoms with E-state index in [1.807, 2.05) is 71.6 Å². The number of rotatable bonds is 7. The highest BCUT2D eigenvalue weighted by molar-refractivity contribution is 6.32. The summed E-state index contributed by atoms with van der Waals surface area (Å²) in [6, 6.07) is 38.3. The van der Waals surface area contributed by atoms with Crippen LogP contribution in [0.3, 0.4) is 0 Å². The Balaban J connectivity index is 1.29. The molecule has 6 rings (SSSR count). The lowest BCUT2D eigenvalue weighted by Gasteiger charge is -2.39. The Morgan fingerprint density at radius 3 is 2.05 bits per heavy atom. The standard InChI is InChI=1S/C34H31ClN4O2/c1-41-28-16-10-15-27(23-28)30-24-32(39(36-30)31-18-9-8-17-29(31)35)34(40)38-21-19-37(20-22-38)33(25-11-4-2-5-12-25)26-13-6-3-7-14-26/h2-18,23-24,33H,19-22H2,1H3. The molecule has 5 aromatic rings. The SMILES string of the molecule is COc1cccc(-c2cc(C(=O)N3CCN(C(c4ccccc4)c4ccccc4)CC3)n(-c3ccccc3Cl)n2)c1. The fourth-order valence-electron chi connectivity index (χ4n) is 5.49. The molecule has 0 unspecified atom stereocenters. The molecule has 0 radical (unpaired) electrons. The molecule has 41 heavy (non-hydrogen) atoms. The van der Waals surface area contributed by atoms with Gasteiger partial charge < -0.3 is 9.64 Å². The highest BCUT2D eigenvalue weighted by atomic mass is 35.5. The van der Waals surface area contributed by atoms with Crippen LogP contribution >= 0.6 is 11.6 Å². The van der Waals surface area contributed by atoms with E-state index in [0.29, 0.717) is 35.2 Å².